The summed E-state index contributed by atoms with van der Waals surface area (Å²) in [6.07, 6.45) is 0. The molecule has 5 nitrogen and oxygen atoms in total. The highest BCUT2D eigenvalue weighted by Gasteiger charge is 2.43. The predicted octanol–water partition coefficient (Wildman–Crippen LogP) is 3.53. The Morgan fingerprint density at radius 3 is 2.16 bits per heavy atom. The second-order valence-corrected chi connectivity index (χ2v) is 7.33. The molecular formula is C19H19N3O2S. The first-order valence-corrected chi connectivity index (χ1v) is 8.74. The monoisotopic (exact) mass is 353 g/mol. The van der Waals surface area contributed by atoms with Gasteiger partial charge in [0.05, 0.1) is 0 Å². The van der Waals surface area contributed by atoms with E-state index in [1.807, 2.05) is 49.4 Å². The van der Waals surface area contributed by atoms with Gasteiger partial charge in [-0.25, -0.2) is 5.01 Å². The number of amidine groups is 1. The maximum absolute atomic E-state index is 12.0. The second kappa shape index (κ2) is 6.72. The molecule has 0 radical (unpaired) electrons. The number of hydrogen-bond acceptors (Lipinski definition) is 4. The molecule has 1 heterocycles. The summed E-state index contributed by atoms with van der Waals surface area (Å²) in [5, 5.41) is 8.78. The first kappa shape index (κ1) is 17.2. The van der Waals surface area contributed by atoms with Crippen molar-refractivity contribution < 1.29 is 9.59 Å². The van der Waals surface area contributed by atoms with Crippen LogP contribution in [0.1, 0.15) is 26.3 Å². The van der Waals surface area contributed by atoms with Gasteiger partial charge in [0.15, 0.2) is 5.17 Å². The van der Waals surface area contributed by atoms with Crippen molar-refractivity contribution in [3.05, 3.63) is 60.2 Å². The van der Waals surface area contributed by atoms with Crippen LogP contribution in [0, 0.1) is 0 Å². The Bertz CT molecular complexity index is 834. The molecule has 2 aromatic carbocycles. The molecule has 0 aliphatic carbocycles. The fourth-order valence-corrected chi connectivity index (χ4v) is 4.00. The molecule has 2 amide bonds. The van der Waals surface area contributed by atoms with Crippen LogP contribution >= 0.6 is 11.8 Å². The Morgan fingerprint density at radius 2 is 1.60 bits per heavy atom. The molecular weight excluding hydrogens is 334 g/mol. The summed E-state index contributed by atoms with van der Waals surface area (Å²) in [5.41, 5.74) is 3.18. The standard InChI is InChI=1S/C19H19N3O2S/c1-13(23)20-18-21-22(14(2)24)19(3,25-18)17-11-9-16(10-12-17)15-7-5-4-6-8-15/h4-12H,1-3H3,(H,20,21,23)/t19-/m1/s1. The Balaban J connectivity index is 1.91. The number of hydrazone groups is 1. The molecule has 2 aromatic rings. The number of thioether (sulfide) groups is 1. The number of amides is 2. The van der Waals surface area contributed by atoms with Crippen LogP contribution in [0.4, 0.5) is 0 Å². The van der Waals surface area contributed by atoms with E-state index < -0.39 is 4.87 Å². The van der Waals surface area contributed by atoms with Gasteiger partial charge in [-0.1, -0.05) is 66.4 Å². The summed E-state index contributed by atoms with van der Waals surface area (Å²) in [7, 11) is 0. The van der Waals surface area contributed by atoms with Gasteiger partial charge in [-0.3, -0.25) is 9.59 Å². The third kappa shape index (κ3) is 3.44. The average molecular weight is 353 g/mol. The zero-order valence-electron chi connectivity index (χ0n) is 14.3. The molecule has 128 valence electrons. The first-order valence-electron chi connectivity index (χ1n) is 7.92. The summed E-state index contributed by atoms with van der Waals surface area (Å²) in [6.45, 7) is 4.82. The maximum atomic E-state index is 12.0. The van der Waals surface area contributed by atoms with Crippen molar-refractivity contribution in [2.45, 2.75) is 25.6 Å². The van der Waals surface area contributed by atoms with Crippen LogP contribution in [0.3, 0.4) is 0 Å². The minimum Gasteiger partial charge on any atom is -0.304 e. The van der Waals surface area contributed by atoms with E-state index in [9.17, 15) is 9.59 Å². The predicted molar refractivity (Wildman–Crippen MR) is 101 cm³/mol. The van der Waals surface area contributed by atoms with Crippen molar-refractivity contribution >= 4 is 28.7 Å². The van der Waals surface area contributed by atoms with Crippen LogP contribution in [0.25, 0.3) is 11.1 Å². The quantitative estimate of drug-likeness (QED) is 0.898. The van der Waals surface area contributed by atoms with Gasteiger partial charge in [0.25, 0.3) is 0 Å². The lowest BCUT2D eigenvalue weighted by Crippen LogP contribution is -2.37. The third-order valence-electron chi connectivity index (χ3n) is 4.00. The smallest absolute Gasteiger partial charge is 0.241 e. The molecule has 1 N–H and O–H groups in total. The van der Waals surface area contributed by atoms with Crippen molar-refractivity contribution in [1.82, 2.24) is 10.3 Å². The van der Waals surface area contributed by atoms with Crippen LogP contribution in [-0.2, 0) is 14.5 Å². The molecule has 0 aromatic heterocycles. The summed E-state index contributed by atoms with van der Waals surface area (Å²) in [6, 6.07) is 18.2. The Kier molecular flexibility index (Phi) is 4.63. The van der Waals surface area contributed by atoms with Crippen molar-refractivity contribution in [2.75, 3.05) is 0 Å². The van der Waals surface area contributed by atoms with E-state index in [0.29, 0.717) is 5.17 Å². The molecule has 3 rings (SSSR count). The third-order valence-corrected chi connectivity index (χ3v) is 5.18. The molecule has 1 aliphatic rings. The summed E-state index contributed by atoms with van der Waals surface area (Å²) >= 11 is 1.36. The molecule has 0 spiro atoms. The minimum atomic E-state index is -0.696. The minimum absolute atomic E-state index is 0.178. The molecule has 0 unspecified atom stereocenters. The molecule has 25 heavy (non-hydrogen) atoms. The summed E-state index contributed by atoms with van der Waals surface area (Å²) in [5.74, 6) is -0.388. The van der Waals surface area contributed by atoms with Crippen LogP contribution in [0.5, 0.6) is 0 Å². The number of benzene rings is 2. The number of nitrogens with zero attached hydrogens (tertiary/aromatic N) is 2. The highest BCUT2D eigenvalue weighted by Crippen LogP contribution is 2.45. The molecule has 0 bridgehead atoms. The lowest BCUT2D eigenvalue weighted by molar-refractivity contribution is -0.131. The van der Waals surface area contributed by atoms with Crippen LogP contribution in [-0.4, -0.2) is 22.0 Å². The lowest BCUT2D eigenvalue weighted by atomic mass is 10.0. The Hall–Kier alpha value is -2.60. The molecule has 0 fully saturated rings. The zero-order valence-corrected chi connectivity index (χ0v) is 15.1. The fourth-order valence-electron chi connectivity index (χ4n) is 2.79. The fraction of sp³-hybridized carbons (Fsp3) is 0.211. The van der Waals surface area contributed by atoms with Crippen LogP contribution < -0.4 is 5.32 Å². The van der Waals surface area contributed by atoms with Gasteiger partial charge >= 0.3 is 0 Å². The number of hydrogen-bond donors (Lipinski definition) is 1. The molecule has 0 saturated heterocycles. The Morgan fingerprint density at radius 1 is 1.00 bits per heavy atom. The van der Waals surface area contributed by atoms with Gasteiger partial charge in [-0.15, -0.1) is 5.10 Å². The maximum Gasteiger partial charge on any atom is 0.241 e. The van der Waals surface area contributed by atoms with E-state index in [1.54, 1.807) is 0 Å². The van der Waals surface area contributed by atoms with E-state index >= 15 is 0 Å². The second-order valence-electron chi connectivity index (χ2n) is 5.95. The van der Waals surface area contributed by atoms with Crippen molar-refractivity contribution in [3.8, 4) is 11.1 Å². The highest BCUT2D eigenvalue weighted by molar-refractivity contribution is 8.14. The van der Waals surface area contributed by atoms with Gasteiger partial charge in [-0.2, -0.15) is 0 Å². The van der Waals surface area contributed by atoms with E-state index in [1.165, 1.54) is 30.6 Å². The summed E-state index contributed by atoms with van der Waals surface area (Å²) in [4.78, 5) is 22.7. The van der Waals surface area contributed by atoms with Gasteiger partial charge in [0.2, 0.25) is 11.8 Å². The number of carbonyl (C=O) groups is 2. The number of carbonyl (C=O) groups excluding carboxylic acids is 2. The topological polar surface area (TPSA) is 61.8 Å². The van der Waals surface area contributed by atoms with Gasteiger partial charge < -0.3 is 5.32 Å². The SMILES string of the molecule is CC(=O)NC1=NN(C(C)=O)[C@@](C)(c2ccc(-c3ccccc3)cc2)S1. The highest BCUT2D eigenvalue weighted by atomic mass is 32.2. The summed E-state index contributed by atoms with van der Waals surface area (Å²) < 4.78 is 0. The lowest BCUT2D eigenvalue weighted by Gasteiger charge is -2.31. The molecule has 0 saturated carbocycles. The number of rotatable bonds is 2. The molecule has 6 heteroatoms. The van der Waals surface area contributed by atoms with E-state index in [-0.39, 0.29) is 11.8 Å². The van der Waals surface area contributed by atoms with Crippen molar-refractivity contribution in [3.63, 3.8) is 0 Å². The molecule has 1 atom stereocenters. The van der Waals surface area contributed by atoms with Crippen molar-refractivity contribution in [2.24, 2.45) is 5.10 Å². The normalized spacial score (nSPS) is 19.5. The van der Waals surface area contributed by atoms with Crippen molar-refractivity contribution in [1.29, 1.82) is 0 Å². The Labute approximate surface area is 151 Å². The largest absolute Gasteiger partial charge is 0.304 e. The zero-order chi connectivity index (χ0) is 18.0. The number of nitrogens with one attached hydrogen (secondary N) is 1. The molecule has 1 aliphatic heterocycles. The van der Waals surface area contributed by atoms with Gasteiger partial charge in [0.1, 0.15) is 4.87 Å². The van der Waals surface area contributed by atoms with Gasteiger partial charge in [0, 0.05) is 13.8 Å². The first-order chi connectivity index (χ1) is 11.9. The van der Waals surface area contributed by atoms with E-state index in [4.69, 9.17) is 0 Å². The average Bonchev–Trinajstić information content (AvgIpc) is 2.93. The van der Waals surface area contributed by atoms with E-state index in [0.717, 1.165) is 16.7 Å². The van der Waals surface area contributed by atoms with Gasteiger partial charge in [-0.05, 0) is 23.6 Å². The van der Waals surface area contributed by atoms with E-state index in [2.05, 4.69) is 22.6 Å². The van der Waals surface area contributed by atoms with Crippen LogP contribution in [0.15, 0.2) is 59.7 Å². The van der Waals surface area contributed by atoms with Crippen LogP contribution in [0.2, 0.25) is 0 Å².